The number of piperidine rings is 1. The van der Waals surface area contributed by atoms with Gasteiger partial charge >= 0.3 is 0 Å². The number of anilines is 1. The number of nitrogens with two attached hydrogens (primary N) is 1. The molecule has 1 aromatic heterocycles. The van der Waals surface area contributed by atoms with Gasteiger partial charge < -0.3 is 15.6 Å². The van der Waals surface area contributed by atoms with Crippen LogP contribution in [0.4, 0.5) is 5.69 Å². The van der Waals surface area contributed by atoms with Gasteiger partial charge in [0.2, 0.25) is 23.5 Å². The minimum absolute atomic E-state index is 0.0122. The Morgan fingerprint density at radius 3 is 2.42 bits per heavy atom. The van der Waals surface area contributed by atoms with Gasteiger partial charge in [0.25, 0.3) is 0 Å². The molecular formula is C22H22BrN5O3. The average molecular weight is 484 g/mol. The Balaban J connectivity index is 1.27. The van der Waals surface area contributed by atoms with Crippen molar-refractivity contribution in [1.82, 2.24) is 15.0 Å². The molecule has 0 atom stereocenters. The number of aromatic nitrogens is 2. The molecule has 0 spiro atoms. The van der Waals surface area contributed by atoms with Gasteiger partial charge in [-0.1, -0.05) is 21.1 Å². The Morgan fingerprint density at radius 2 is 1.77 bits per heavy atom. The molecule has 1 aliphatic rings. The van der Waals surface area contributed by atoms with E-state index in [1.807, 2.05) is 24.3 Å². The lowest BCUT2D eigenvalue weighted by atomic mass is 9.96. The van der Waals surface area contributed by atoms with E-state index in [-0.39, 0.29) is 11.8 Å². The standard InChI is InChI=1S/C22H22BrN5O3/c23-17-5-1-15(2-6-17)21-26-19(31-27-21)13-28-11-9-16(10-12-28)22(30)25-18-7-3-14(4-8-18)20(24)29/h1-8,16H,9-13H2,(H2,24,29)(H,25,30). The molecule has 3 aromatic rings. The van der Waals surface area contributed by atoms with Crippen LogP contribution < -0.4 is 11.1 Å². The number of carbonyl (C=O) groups is 2. The van der Waals surface area contributed by atoms with Crippen LogP contribution in [0.2, 0.25) is 0 Å². The van der Waals surface area contributed by atoms with Crippen molar-refractivity contribution in [2.24, 2.45) is 11.7 Å². The van der Waals surface area contributed by atoms with Crippen molar-refractivity contribution in [3.05, 3.63) is 64.5 Å². The number of amides is 2. The minimum atomic E-state index is -0.490. The number of primary amides is 1. The number of hydrogen-bond donors (Lipinski definition) is 2. The zero-order valence-corrected chi connectivity index (χ0v) is 18.3. The van der Waals surface area contributed by atoms with Crippen molar-refractivity contribution in [3.8, 4) is 11.4 Å². The molecule has 2 amide bonds. The van der Waals surface area contributed by atoms with Crippen LogP contribution in [0.15, 0.2) is 57.5 Å². The molecule has 3 N–H and O–H groups in total. The van der Waals surface area contributed by atoms with Crippen molar-refractivity contribution in [2.75, 3.05) is 18.4 Å². The van der Waals surface area contributed by atoms with Crippen molar-refractivity contribution in [3.63, 3.8) is 0 Å². The van der Waals surface area contributed by atoms with E-state index in [2.05, 4.69) is 36.3 Å². The van der Waals surface area contributed by atoms with Gasteiger partial charge in [-0.15, -0.1) is 0 Å². The van der Waals surface area contributed by atoms with E-state index in [4.69, 9.17) is 10.3 Å². The second-order valence-corrected chi connectivity index (χ2v) is 8.42. The molecule has 0 radical (unpaired) electrons. The second kappa shape index (κ2) is 9.40. The van der Waals surface area contributed by atoms with Gasteiger partial charge in [0.1, 0.15) is 0 Å². The Labute approximate surface area is 187 Å². The SMILES string of the molecule is NC(=O)c1ccc(NC(=O)C2CCN(Cc3nc(-c4ccc(Br)cc4)no3)CC2)cc1. The zero-order chi connectivity index (χ0) is 21.8. The third-order valence-electron chi connectivity index (χ3n) is 5.32. The highest BCUT2D eigenvalue weighted by Crippen LogP contribution is 2.23. The fraction of sp³-hybridized carbons (Fsp3) is 0.273. The average Bonchev–Trinajstić information content (AvgIpc) is 3.23. The van der Waals surface area contributed by atoms with Crippen molar-refractivity contribution < 1.29 is 14.1 Å². The van der Waals surface area contributed by atoms with Crippen LogP contribution in [0.5, 0.6) is 0 Å². The van der Waals surface area contributed by atoms with E-state index < -0.39 is 5.91 Å². The van der Waals surface area contributed by atoms with Gasteiger partial charge in [0.05, 0.1) is 6.54 Å². The smallest absolute Gasteiger partial charge is 0.248 e. The van der Waals surface area contributed by atoms with Crippen LogP contribution in [-0.2, 0) is 11.3 Å². The van der Waals surface area contributed by atoms with Gasteiger partial charge in [-0.2, -0.15) is 4.98 Å². The van der Waals surface area contributed by atoms with Gasteiger partial charge in [0, 0.05) is 27.2 Å². The Kier molecular flexibility index (Phi) is 6.43. The number of carbonyl (C=O) groups excluding carboxylic acids is 2. The highest BCUT2D eigenvalue weighted by atomic mass is 79.9. The van der Waals surface area contributed by atoms with Crippen molar-refractivity contribution in [1.29, 1.82) is 0 Å². The van der Waals surface area contributed by atoms with E-state index in [1.165, 1.54) is 0 Å². The second-order valence-electron chi connectivity index (χ2n) is 7.50. The molecule has 2 aromatic carbocycles. The maximum atomic E-state index is 12.6. The maximum absolute atomic E-state index is 12.6. The number of benzene rings is 2. The molecule has 0 saturated carbocycles. The lowest BCUT2D eigenvalue weighted by molar-refractivity contribution is -0.121. The molecule has 160 valence electrons. The molecule has 31 heavy (non-hydrogen) atoms. The fourth-order valence-electron chi connectivity index (χ4n) is 3.54. The summed E-state index contributed by atoms with van der Waals surface area (Å²) in [5.41, 5.74) is 7.21. The Morgan fingerprint density at radius 1 is 1.10 bits per heavy atom. The normalized spacial score (nSPS) is 15.0. The van der Waals surface area contributed by atoms with E-state index in [0.717, 1.165) is 36.0 Å². The lowest BCUT2D eigenvalue weighted by Crippen LogP contribution is -2.37. The molecule has 1 aliphatic heterocycles. The van der Waals surface area contributed by atoms with Crippen LogP contribution in [-0.4, -0.2) is 39.9 Å². The Bertz CT molecular complexity index is 1060. The monoisotopic (exact) mass is 483 g/mol. The van der Waals surface area contributed by atoms with Crippen LogP contribution in [0.1, 0.15) is 29.1 Å². The van der Waals surface area contributed by atoms with Gasteiger partial charge in [0.15, 0.2) is 0 Å². The number of nitrogens with one attached hydrogen (secondary N) is 1. The summed E-state index contributed by atoms with van der Waals surface area (Å²) in [6.45, 7) is 2.11. The van der Waals surface area contributed by atoms with Crippen LogP contribution in [0.3, 0.4) is 0 Å². The molecule has 0 aliphatic carbocycles. The molecule has 9 heteroatoms. The van der Waals surface area contributed by atoms with Gasteiger partial charge in [-0.3, -0.25) is 14.5 Å². The molecule has 8 nitrogen and oxygen atoms in total. The molecule has 2 heterocycles. The quantitative estimate of drug-likeness (QED) is 0.554. The number of hydrogen-bond acceptors (Lipinski definition) is 6. The fourth-order valence-corrected chi connectivity index (χ4v) is 3.81. The van der Waals surface area contributed by atoms with E-state index in [0.29, 0.717) is 29.5 Å². The number of likely N-dealkylation sites (tertiary alicyclic amines) is 1. The highest BCUT2D eigenvalue weighted by Gasteiger charge is 2.26. The lowest BCUT2D eigenvalue weighted by Gasteiger charge is -2.30. The molecular weight excluding hydrogens is 462 g/mol. The summed E-state index contributed by atoms with van der Waals surface area (Å²) in [5.74, 6) is 0.569. The summed E-state index contributed by atoms with van der Waals surface area (Å²) in [6.07, 6.45) is 1.50. The summed E-state index contributed by atoms with van der Waals surface area (Å²) in [6, 6.07) is 14.3. The molecule has 1 fully saturated rings. The van der Waals surface area contributed by atoms with Crippen LogP contribution in [0.25, 0.3) is 11.4 Å². The summed E-state index contributed by atoms with van der Waals surface area (Å²) >= 11 is 3.41. The van der Waals surface area contributed by atoms with Crippen LogP contribution in [0, 0.1) is 5.92 Å². The van der Waals surface area contributed by atoms with Crippen LogP contribution >= 0.6 is 15.9 Å². The highest BCUT2D eigenvalue weighted by molar-refractivity contribution is 9.10. The molecule has 4 rings (SSSR count). The summed E-state index contributed by atoms with van der Waals surface area (Å²) < 4.78 is 6.40. The summed E-state index contributed by atoms with van der Waals surface area (Å²) in [4.78, 5) is 30.4. The third-order valence-corrected chi connectivity index (χ3v) is 5.85. The predicted molar refractivity (Wildman–Crippen MR) is 119 cm³/mol. The first kappa shape index (κ1) is 21.2. The Hall–Kier alpha value is -3.04. The van der Waals surface area contributed by atoms with Gasteiger partial charge in [-0.05, 0) is 74.5 Å². The van der Waals surface area contributed by atoms with E-state index in [9.17, 15) is 9.59 Å². The summed E-state index contributed by atoms with van der Waals surface area (Å²) in [7, 11) is 0. The third kappa shape index (κ3) is 5.36. The largest absolute Gasteiger partial charge is 0.366 e. The minimum Gasteiger partial charge on any atom is -0.366 e. The maximum Gasteiger partial charge on any atom is 0.248 e. The first-order chi connectivity index (χ1) is 15.0. The first-order valence-corrected chi connectivity index (χ1v) is 10.8. The molecule has 0 bridgehead atoms. The number of nitrogens with zero attached hydrogens (tertiary/aromatic N) is 3. The van der Waals surface area contributed by atoms with E-state index >= 15 is 0 Å². The number of halogens is 1. The zero-order valence-electron chi connectivity index (χ0n) is 16.8. The number of rotatable bonds is 6. The molecule has 0 unspecified atom stereocenters. The van der Waals surface area contributed by atoms with Gasteiger partial charge in [-0.25, -0.2) is 0 Å². The first-order valence-electron chi connectivity index (χ1n) is 9.99. The summed E-state index contributed by atoms with van der Waals surface area (Å²) in [5, 5.41) is 6.98. The van der Waals surface area contributed by atoms with E-state index in [1.54, 1.807) is 24.3 Å². The topological polar surface area (TPSA) is 114 Å². The molecule has 1 saturated heterocycles. The van der Waals surface area contributed by atoms with Crippen molar-refractivity contribution >= 4 is 33.4 Å². The van der Waals surface area contributed by atoms with Crippen molar-refractivity contribution in [2.45, 2.75) is 19.4 Å². The predicted octanol–water partition coefficient (Wildman–Crippen LogP) is 3.45.